The summed E-state index contributed by atoms with van der Waals surface area (Å²) < 4.78 is 0. The second-order valence-corrected chi connectivity index (χ2v) is 3.52. The van der Waals surface area contributed by atoms with Crippen LogP contribution in [0, 0.1) is 0 Å². The van der Waals surface area contributed by atoms with Crippen LogP contribution in [-0.2, 0) is 0 Å². The van der Waals surface area contributed by atoms with Crippen LogP contribution in [-0.4, -0.2) is 81.1 Å². The highest BCUT2D eigenvalue weighted by molar-refractivity contribution is 4.93. The van der Waals surface area contributed by atoms with Crippen molar-refractivity contribution in [1.82, 2.24) is 4.90 Å². The topological polar surface area (TPSA) is 104 Å². The van der Waals surface area contributed by atoms with Crippen LogP contribution in [0.3, 0.4) is 0 Å². The van der Waals surface area contributed by atoms with Gasteiger partial charge in [0.15, 0.2) is 0 Å². The number of nitrogens with zero attached hydrogens (tertiary/aromatic N) is 1. The van der Waals surface area contributed by atoms with Crippen molar-refractivity contribution in [2.75, 3.05) is 26.3 Å². The van der Waals surface area contributed by atoms with Gasteiger partial charge in [-0.1, -0.05) is 0 Å². The summed E-state index contributed by atoms with van der Waals surface area (Å²) >= 11 is 0. The normalized spacial score (nSPS) is 40.1. The second-order valence-electron chi connectivity index (χ2n) is 3.52. The smallest absolute Gasteiger partial charge is 0.109 e. The van der Waals surface area contributed by atoms with Gasteiger partial charge < -0.3 is 25.5 Å². The van der Waals surface area contributed by atoms with Gasteiger partial charge >= 0.3 is 0 Å². The summed E-state index contributed by atoms with van der Waals surface area (Å²) in [5, 5.41) is 45.9. The summed E-state index contributed by atoms with van der Waals surface area (Å²) in [6.45, 7) is -0.0347. The SMILES string of the molecule is OCCN1C[C@H](O)[C@@H](O)[C@@H](O)C1CO. The molecule has 0 radical (unpaired) electrons. The Kier molecular flexibility index (Phi) is 4.24. The van der Waals surface area contributed by atoms with Gasteiger partial charge in [-0.2, -0.15) is 0 Å². The number of hydrogen-bond donors (Lipinski definition) is 5. The first-order chi connectivity index (χ1) is 6.61. The maximum absolute atomic E-state index is 9.51. The van der Waals surface area contributed by atoms with E-state index < -0.39 is 24.4 Å². The molecule has 84 valence electrons. The molecule has 1 aliphatic rings. The molecule has 1 saturated heterocycles. The number of hydrogen-bond acceptors (Lipinski definition) is 6. The summed E-state index contributed by atoms with van der Waals surface area (Å²) in [5.74, 6) is 0. The maximum atomic E-state index is 9.51. The molecular weight excluding hydrogens is 190 g/mol. The Morgan fingerprint density at radius 3 is 2.21 bits per heavy atom. The number of aliphatic hydroxyl groups is 5. The molecule has 0 aromatic rings. The molecule has 0 amide bonds. The Balaban J connectivity index is 2.66. The van der Waals surface area contributed by atoms with E-state index in [1.165, 1.54) is 0 Å². The van der Waals surface area contributed by atoms with Gasteiger partial charge in [-0.3, -0.25) is 4.90 Å². The van der Waals surface area contributed by atoms with Gasteiger partial charge in [-0.25, -0.2) is 0 Å². The van der Waals surface area contributed by atoms with E-state index >= 15 is 0 Å². The summed E-state index contributed by atoms with van der Waals surface area (Å²) in [5.41, 5.74) is 0. The Bertz CT molecular complexity index is 179. The molecule has 0 spiro atoms. The molecule has 4 atom stereocenters. The summed E-state index contributed by atoms with van der Waals surface area (Å²) in [7, 11) is 0. The molecule has 1 unspecified atom stereocenters. The third kappa shape index (κ3) is 2.22. The Morgan fingerprint density at radius 1 is 1.07 bits per heavy atom. The molecule has 0 aliphatic carbocycles. The fraction of sp³-hybridized carbons (Fsp3) is 1.00. The minimum absolute atomic E-state index is 0.119. The van der Waals surface area contributed by atoms with E-state index in [1.807, 2.05) is 0 Å². The van der Waals surface area contributed by atoms with Crippen molar-refractivity contribution in [3.05, 3.63) is 0 Å². The van der Waals surface area contributed by atoms with Crippen molar-refractivity contribution in [3.8, 4) is 0 Å². The van der Waals surface area contributed by atoms with Crippen molar-refractivity contribution >= 4 is 0 Å². The Morgan fingerprint density at radius 2 is 1.71 bits per heavy atom. The lowest BCUT2D eigenvalue weighted by molar-refractivity contribution is -0.146. The van der Waals surface area contributed by atoms with E-state index in [2.05, 4.69) is 0 Å². The lowest BCUT2D eigenvalue weighted by Crippen LogP contribution is -2.62. The second kappa shape index (κ2) is 5.01. The largest absolute Gasteiger partial charge is 0.395 e. The summed E-state index contributed by atoms with van der Waals surface area (Å²) in [6.07, 6.45) is -3.46. The quantitative estimate of drug-likeness (QED) is 0.333. The van der Waals surface area contributed by atoms with Crippen LogP contribution in [0.25, 0.3) is 0 Å². The van der Waals surface area contributed by atoms with Crippen LogP contribution in [0.2, 0.25) is 0 Å². The van der Waals surface area contributed by atoms with Crippen molar-refractivity contribution in [1.29, 1.82) is 0 Å². The van der Waals surface area contributed by atoms with Gasteiger partial charge in [-0.05, 0) is 0 Å². The Hall–Kier alpha value is -0.240. The van der Waals surface area contributed by atoms with E-state index in [-0.39, 0.29) is 26.3 Å². The molecule has 6 nitrogen and oxygen atoms in total. The summed E-state index contributed by atoms with van der Waals surface area (Å²) in [6, 6.07) is -0.624. The first-order valence-corrected chi connectivity index (χ1v) is 4.61. The molecule has 1 aliphatic heterocycles. The third-order valence-corrected chi connectivity index (χ3v) is 2.60. The predicted octanol–water partition coefficient (Wildman–Crippen LogP) is -3.26. The molecule has 0 aromatic carbocycles. The minimum Gasteiger partial charge on any atom is -0.395 e. The molecular formula is C8H17NO5. The molecule has 0 bridgehead atoms. The van der Waals surface area contributed by atoms with E-state index in [0.717, 1.165) is 0 Å². The fourth-order valence-electron chi connectivity index (χ4n) is 1.76. The van der Waals surface area contributed by atoms with E-state index in [0.29, 0.717) is 0 Å². The standard InChI is InChI=1S/C8H17NO5/c10-2-1-9-3-6(12)8(14)7(13)5(9)4-11/h5-8,10-14H,1-4H2/t5?,6-,7-,8+/m0/s1. The van der Waals surface area contributed by atoms with Crippen LogP contribution in [0.5, 0.6) is 0 Å². The van der Waals surface area contributed by atoms with Gasteiger partial charge in [0.05, 0.1) is 25.4 Å². The van der Waals surface area contributed by atoms with Crippen molar-refractivity contribution in [2.24, 2.45) is 0 Å². The van der Waals surface area contributed by atoms with E-state index in [9.17, 15) is 15.3 Å². The average molecular weight is 207 g/mol. The molecule has 0 aromatic heterocycles. The van der Waals surface area contributed by atoms with Crippen molar-refractivity contribution in [2.45, 2.75) is 24.4 Å². The third-order valence-electron chi connectivity index (χ3n) is 2.60. The molecule has 6 heteroatoms. The lowest BCUT2D eigenvalue weighted by atomic mass is 9.94. The highest BCUT2D eigenvalue weighted by Crippen LogP contribution is 2.18. The monoisotopic (exact) mass is 207 g/mol. The molecule has 0 saturated carbocycles. The van der Waals surface area contributed by atoms with Crippen LogP contribution >= 0.6 is 0 Å². The molecule has 5 N–H and O–H groups in total. The lowest BCUT2D eigenvalue weighted by Gasteiger charge is -2.42. The predicted molar refractivity (Wildman–Crippen MR) is 47.6 cm³/mol. The maximum Gasteiger partial charge on any atom is 0.109 e. The van der Waals surface area contributed by atoms with Gasteiger partial charge in [0.2, 0.25) is 0 Å². The minimum atomic E-state index is -1.23. The summed E-state index contributed by atoms with van der Waals surface area (Å²) in [4.78, 5) is 1.56. The average Bonchev–Trinajstić information content (AvgIpc) is 2.16. The van der Waals surface area contributed by atoms with Crippen LogP contribution in [0.15, 0.2) is 0 Å². The number of likely N-dealkylation sites (tertiary alicyclic amines) is 1. The fourth-order valence-corrected chi connectivity index (χ4v) is 1.76. The van der Waals surface area contributed by atoms with Crippen LogP contribution in [0.4, 0.5) is 0 Å². The number of aliphatic hydroxyl groups excluding tert-OH is 5. The Labute approximate surface area is 82.0 Å². The highest BCUT2D eigenvalue weighted by Gasteiger charge is 2.40. The number of rotatable bonds is 3. The van der Waals surface area contributed by atoms with Gasteiger partial charge in [0, 0.05) is 13.1 Å². The zero-order valence-electron chi connectivity index (χ0n) is 7.82. The highest BCUT2D eigenvalue weighted by atomic mass is 16.4. The number of β-amino-alcohol motifs (C(OH)–C–C–N with tert-alkyl or cyclic N) is 2. The van der Waals surface area contributed by atoms with Crippen LogP contribution < -0.4 is 0 Å². The molecule has 14 heavy (non-hydrogen) atoms. The zero-order valence-corrected chi connectivity index (χ0v) is 7.82. The van der Waals surface area contributed by atoms with E-state index in [4.69, 9.17) is 10.2 Å². The molecule has 1 fully saturated rings. The van der Waals surface area contributed by atoms with Crippen molar-refractivity contribution < 1.29 is 25.5 Å². The van der Waals surface area contributed by atoms with Gasteiger partial charge in [0.1, 0.15) is 12.2 Å². The van der Waals surface area contributed by atoms with E-state index in [1.54, 1.807) is 4.90 Å². The van der Waals surface area contributed by atoms with Gasteiger partial charge in [-0.15, -0.1) is 0 Å². The first kappa shape index (κ1) is 11.8. The van der Waals surface area contributed by atoms with Crippen LogP contribution in [0.1, 0.15) is 0 Å². The molecule has 1 rings (SSSR count). The van der Waals surface area contributed by atoms with Crippen molar-refractivity contribution in [3.63, 3.8) is 0 Å². The first-order valence-electron chi connectivity index (χ1n) is 4.61. The zero-order chi connectivity index (χ0) is 10.7. The molecule has 1 heterocycles. The van der Waals surface area contributed by atoms with Gasteiger partial charge in [0.25, 0.3) is 0 Å². The number of piperidine rings is 1.